The van der Waals surface area contributed by atoms with Gasteiger partial charge in [-0.1, -0.05) is 6.92 Å². The van der Waals surface area contributed by atoms with Crippen LogP contribution in [0, 0.1) is 5.82 Å². The Labute approximate surface area is 84.1 Å². The fraction of sp³-hybridized carbons (Fsp3) is 0.300. The molecule has 0 aliphatic heterocycles. The van der Waals surface area contributed by atoms with Gasteiger partial charge >= 0.3 is 0 Å². The van der Waals surface area contributed by atoms with Crippen molar-refractivity contribution in [2.75, 3.05) is 0 Å². The highest BCUT2D eigenvalue weighted by Gasteiger charge is 2.27. The van der Waals surface area contributed by atoms with Gasteiger partial charge in [0.25, 0.3) is 0 Å². The SMILES string of the molecule is CC1CC(=O)c2cc(F)c(Br)cc21. The third kappa shape index (κ3) is 1.31. The summed E-state index contributed by atoms with van der Waals surface area (Å²) < 4.78 is 13.5. The lowest BCUT2D eigenvalue weighted by Gasteiger charge is -2.03. The molecule has 68 valence electrons. The summed E-state index contributed by atoms with van der Waals surface area (Å²) in [4.78, 5) is 11.4. The predicted molar refractivity (Wildman–Crippen MR) is 51.5 cm³/mol. The molecule has 0 aromatic heterocycles. The summed E-state index contributed by atoms with van der Waals surface area (Å²) in [5.41, 5.74) is 1.51. The molecule has 1 aliphatic rings. The molecular weight excluding hydrogens is 235 g/mol. The summed E-state index contributed by atoms with van der Waals surface area (Å²) in [5, 5.41) is 0. The maximum atomic E-state index is 13.1. The van der Waals surface area contributed by atoms with Crippen molar-refractivity contribution in [2.24, 2.45) is 0 Å². The molecule has 3 heteroatoms. The Morgan fingerprint density at radius 2 is 2.23 bits per heavy atom. The van der Waals surface area contributed by atoms with Crippen molar-refractivity contribution in [3.8, 4) is 0 Å². The van der Waals surface area contributed by atoms with Crippen molar-refractivity contribution in [1.82, 2.24) is 0 Å². The molecule has 1 aromatic rings. The number of hydrogen-bond acceptors (Lipinski definition) is 1. The number of hydrogen-bond donors (Lipinski definition) is 0. The van der Waals surface area contributed by atoms with Crippen molar-refractivity contribution >= 4 is 21.7 Å². The first-order chi connectivity index (χ1) is 6.09. The molecule has 0 radical (unpaired) electrons. The highest BCUT2D eigenvalue weighted by molar-refractivity contribution is 9.10. The number of rotatable bonds is 0. The van der Waals surface area contributed by atoms with E-state index >= 15 is 0 Å². The molecule has 1 aromatic carbocycles. The second-order valence-electron chi connectivity index (χ2n) is 3.38. The summed E-state index contributed by atoms with van der Waals surface area (Å²) >= 11 is 3.11. The quantitative estimate of drug-likeness (QED) is 0.683. The topological polar surface area (TPSA) is 17.1 Å². The van der Waals surface area contributed by atoms with E-state index in [-0.39, 0.29) is 17.5 Å². The molecular formula is C10H8BrFO. The molecule has 0 saturated carbocycles. The van der Waals surface area contributed by atoms with Crippen LogP contribution in [0.5, 0.6) is 0 Å². The van der Waals surface area contributed by atoms with E-state index < -0.39 is 0 Å². The highest BCUT2D eigenvalue weighted by Crippen LogP contribution is 2.35. The molecule has 1 aliphatic carbocycles. The number of halogens is 2. The van der Waals surface area contributed by atoms with Crippen molar-refractivity contribution in [2.45, 2.75) is 19.3 Å². The first kappa shape index (κ1) is 8.88. The van der Waals surface area contributed by atoms with Gasteiger partial charge in [-0.2, -0.15) is 0 Å². The minimum Gasteiger partial charge on any atom is -0.294 e. The Morgan fingerprint density at radius 1 is 1.54 bits per heavy atom. The number of ketones is 1. The van der Waals surface area contributed by atoms with Gasteiger partial charge in [0.05, 0.1) is 4.47 Å². The average molecular weight is 243 g/mol. The smallest absolute Gasteiger partial charge is 0.163 e. The van der Waals surface area contributed by atoms with E-state index in [0.29, 0.717) is 16.5 Å². The molecule has 0 N–H and O–H groups in total. The lowest BCUT2D eigenvalue weighted by atomic mass is 10.0. The van der Waals surface area contributed by atoms with Crippen LogP contribution in [-0.4, -0.2) is 5.78 Å². The van der Waals surface area contributed by atoms with Crippen LogP contribution < -0.4 is 0 Å². The lowest BCUT2D eigenvalue weighted by Crippen LogP contribution is -1.92. The third-order valence-electron chi connectivity index (χ3n) is 2.42. The van der Waals surface area contributed by atoms with E-state index in [1.807, 2.05) is 6.92 Å². The molecule has 0 amide bonds. The van der Waals surface area contributed by atoms with Crippen molar-refractivity contribution in [3.63, 3.8) is 0 Å². The number of fused-ring (bicyclic) bond motifs is 1. The van der Waals surface area contributed by atoms with Crippen molar-refractivity contribution in [3.05, 3.63) is 33.5 Å². The van der Waals surface area contributed by atoms with Crippen LogP contribution in [0.3, 0.4) is 0 Å². The van der Waals surface area contributed by atoms with Gasteiger partial charge < -0.3 is 0 Å². The number of carbonyl (C=O) groups is 1. The summed E-state index contributed by atoms with van der Waals surface area (Å²) in [6.07, 6.45) is 0.505. The van der Waals surface area contributed by atoms with Crippen LogP contribution >= 0.6 is 15.9 Å². The normalized spacial score (nSPS) is 20.5. The number of Topliss-reactive ketones (excluding diaryl/α,β-unsaturated/α-hetero) is 1. The molecule has 0 saturated heterocycles. The van der Waals surface area contributed by atoms with E-state index in [1.165, 1.54) is 6.07 Å². The fourth-order valence-electron chi connectivity index (χ4n) is 1.71. The van der Waals surface area contributed by atoms with Gasteiger partial charge in [-0.3, -0.25) is 4.79 Å². The van der Waals surface area contributed by atoms with E-state index in [4.69, 9.17) is 0 Å². The van der Waals surface area contributed by atoms with Gasteiger partial charge in [0, 0.05) is 12.0 Å². The minimum atomic E-state index is -0.360. The van der Waals surface area contributed by atoms with Crippen LogP contribution in [0.1, 0.15) is 35.2 Å². The van der Waals surface area contributed by atoms with E-state index in [9.17, 15) is 9.18 Å². The molecule has 0 spiro atoms. The van der Waals surface area contributed by atoms with Gasteiger partial charge in [-0.05, 0) is 39.5 Å². The largest absolute Gasteiger partial charge is 0.294 e. The van der Waals surface area contributed by atoms with Gasteiger partial charge in [0.1, 0.15) is 5.82 Å². The Kier molecular flexibility index (Phi) is 1.99. The van der Waals surface area contributed by atoms with Gasteiger partial charge in [-0.25, -0.2) is 4.39 Å². The second kappa shape index (κ2) is 2.91. The van der Waals surface area contributed by atoms with Gasteiger partial charge in [0.2, 0.25) is 0 Å². The van der Waals surface area contributed by atoms with Crippen LogP contribution in [-0.2, 0) is 0 Å². The molecule has 2 rings (SSSR count). The van der Waals surface area contributed by atoms with Gasteiger partial charge in [0.15, 0.2) is 5.78 Å². The molecule has 1 nitrogen and oxygen atoms in total. The Morgan fingerprint density at radius 3 is 2.92 bits per heavy atom. The van der Waals surface area contributed by atoms with Crippen LogP contribution in [0.4, 0.5) is 4.39 Å². The molecule has 1 atom stereocenters. The predicted octanol–water partition coefficient (Wildman–Crippen LogP) is 3.28. The number of benzene rings is 1. The maximum Gasteiger partial charge on any atom is 0.163 e. The average Bonchev–Trinajstić information content (AvgIpc) is 2.31. The lowest BCUT2D eigenvalue weighted by molar-refractivity contribution is 0.0990. The molecule has 13 heavy (non-hydrogen) atoms. The standard InChI is InChI=1S/C10H8BrFO/c1-5-2-10(13)7-4-9(12)8(11)3-6(5)7/h3-5H,2H2,1H3. The summed E-state index contributed by atoms with van der Waals surface area (Å²) in [6.45, 7) is 1.98. The van der Waals surface area contributed by atoms with Crippen LogP contribution in [0.15, 0.2) is 16.6 Å². The fourth-order valence-corrected chi connectivity index (χ4v) is 2.07. The molecule has 1 unspecified atom stereocenters. The Hall–Kier alpha value is -0.700. The third-order valence-corrected chi connectivity index (χ3v) is 3.02. The zero-order valence-corrected chi connectivity index (χ0v) is 8.69. The summed E-state index contributed by atoms with van der Waals surface area (Å²) in [5.74, 6) is -0.0884. The highest BCUT2D eigenvalue weighted by atomic mass is 79.9. The van der Waals surface area contributed by atoms with Crippen LogP contribution in [0.2, 0.25) is 0 Å². The van der Waals surface area contributed by atoms with E-state index in [1.54, 1.807) is 6.07 Å². The molecule has 0 bridgehead atoms. The maximum absolute atomic E-state index is 13.1. The summed E-state index contributed by atoms with van der Waals surface area (Å²) in [6, 6.07) is 3.03. The number of carbonyl (C=O) groups excluding carboxylic acids is 1. The van der Waals surface area contributed by atoms with E-state index in [2.05, 4.69) is 15.9 Å². The second-order valence-corrected chi connectivity index (χ2v) is 4.24. The van der Waals surface area contributed by atoms with Crippen LogP contribution in [0.25, 0.3) is 0 Å². The first-order valence-corrected chi connectivity index (χ1v) is 4.91. The Balaban J connectivity index is 2.65. The zero-order chi connectivity index (χ0) is 9.59. The molecule has 0 fully saturated rings. The Bertz CT molecular complexity index is 387. The van der Waals surface area contributed by atoms with Crippen molar-refractivity contribution < 1.29 is 9.18 Å². The molecule has 0 heterocycles. The monoisotopic (exact) mass is 242 g/mol. The minimum absolute atomic E-state index is 0.0499. The summed E-state index contributed by atoms with van der Waals surface area (Å²) in [7, 11) is 0. The zero-order valence-electron chi connectivity index (χ0n) is 7.10. The first-order valence-electron chi connectivity index (χ1n) is 4.11. The van der Waals surface area contributed by atoms with E-state index in [0.717, 1.165) is 5.56 Å². The van der Waals surface area contributed by atoms with Gasteiger partial charge in [-0.15, -0.1) is 0 Å². The van der Waals surface area contributed by atoms with Crippen molar-refractivity contribution in [1.29, 1.82) is 0 Å².